The molecule has 2 aromatic carbocycles. The number of methoxy groups -OCH3 is 1. The van der Waals surface area contributed by atoms with E-state index in [1.54, 1.807) is 31.4 Å². The summed E-state index contributed by atoms with van der Waals surface area (Å²) in [4.78, 5) is 14.7. The molecular weight excluding hydrogens is 467 g/mol. The summed E-state index contributed by atoms with van der Waals surface area (Å²) in [7, 11) is 1.60. The molecule has 1 saturated heterocycles. The van der Waals surface area contributed by atoms with E-state index in [2.05, 4.69) is 20.4 Å². The third-order valence-electron chi connectivity index (χ3n) is 5.48. The van der Waals surface area contributed by atoms with E-state index >= 15 is 0 Å². The molecule has 1 N–H and O–H groups in total. The number of amides is 1. The molecule has 33 heavy (non-hydrogen) atoms. The number of likely N-dealkylation sites (tertiary alicyclic amines) is 1. The van der Waals surface area contributed by atoms with Crippen molar-refractivity contribution in [3.8, 4) is 17.2 Å². The van der Waals surface area contributed by atoms with Crippen molar-refractivity contribution in [3.05, 3.63) is 58.9 Å². The highest BCUT2D eigenvalue weighted by Crippen LogP contribution is 2.32. The van der Waals surface area contributed by atoms with Crippen LogP contribution in [0.15, 0.2) is 52.1 Å². The molecule has 7 nitrogen and oxygen atoms in total. The number of halogens is 2. The molecule has 1 unspecified atom stereocenters. The number of rotatable bonds is 9. The molecule has 174 valence electrons. The fourth-order valence-corrected chi connectivity index (χ4v) is 4.69. The van der Waals surface area contributed by atoms with Gasteiger partial charge in [-0.2, -0.15) is 0 Å². The van der Waals surface area contributed by atoms with Crippen molar-refractivity contribution in [2.24, 2.45) is 0 Å². The first-order chi connectivity index (χ1) is 16.0. The summed E-state index contributed by atoms with van der Waals surface area (Å²) < 4.78 is 25.4. The number of ether oxygens (including phenoxy) is 1. The monoisotopic (exact) mass is 490 g/mol. The fourth-order valence-electron chi connectivity index (χ4n) is 3.80. The number of hydrogen-bond donors (Lipinski definition) is 1. The zero-order valence-corrected chi connectivity index (χ0v) is 19.7. The van der Waals surface area contributed by atoms with E-state index in [0.717, 1.165) is 49.0 Å². The summed E-state index contributed by atoms with van der Waals surface area (Å²) in [5, 5.41) is 11.6. The second-order valence-corrected chi connectivity index (χ2v) is 8.92. The molecule has 0 aliphatic carbocycles. The first-order valence-corrected chi connectivity index (χ1v) is 12.0. The number of carbonyl (C=O) groups excluding carboxylic acids is 1. The molecule has 0 bridgehead atoms. The third-order valence-corrected chi connectivity index (χ3v) is 6.63. The minimum absolute atomic E-state index is 0.0992. The molecule has 2 heterocycles. The molecule has 10 heteroatoms. The van der Waals surface area contributed by atoms with Crippen LogP contribution in [-0.4, -0.2) is 53.5 Å². The molecule has 4 rings (SSSR count). The lowest BCUT2D eigenvalue weighted by Crippen LogP contribution is -2.38. The highest BCUT2D eigenvalue weighted by atomic mass is 35.5. The van der Waals surface area contributed by atoms with Gasteiger partial charge in [-0.05, 0) is 62.3 Å². The smallest absolute Gasteiger partial charge is 0.277 e. The van der Waals surface area contributed by atoms with Crippen molar-refractivity contribution in [2.75, 3.05) is 32.5 Å². The van der Waals surface area contributed by atoms with Crippen molar-refractivity contribution in [2.45, 2.75) is 24.1 Å². The van der Waals surface area contributed by atoms with Crippen LogP contribution < -0.4 is 10.1 Å². The first-order valence-electron chi connectivity index (χ1n) is 10.6. The highest BCUT2D eigenvalue weighted by molar-refractivity contribution is 7.99. The predicted octanol–water partition coefficient (Wildman–Crippen LogP) is 4.58. The quantitative estimate of drug-likeness (QED) is 0.439. The summed E-state index contributed by atoms with van der Waals surface area (Å²) in [6.45, 7) is 1.95. The molecule has 3 aromatic rings. The van der Waals surface area contributed by atoms with Gasteiger partial charge in [0.15, 0.2) is 0 Å². The molecule has 0 saturated carbocycles. The minimum atomic E-state index is -0.361. The highest BCUT2D eigenvalue weighted by Gasteiger charge is 2.28. The SMILES string of the molecule is COc1ccc(-c2nnc(SCC(=O)NCC(c3c(F)cccc3Cl)N3CCCC3)o2)cc1. The lowest BCUT2D eigenvalue weighted by atomic mass is 10.0. The van der Waals surface area contributed by atoms with Crippen molar-refractivity contribution in [1.82, 2.24) is 20.4 Å². The first kappa shape index (κ1) is 23.5. The van der Waals surface area contributed by atoms with E-state index in [-0.39, 0.29) is 30.1 Å². The number of nitrogens with one attached hydrogen (secondary N) is 1. The normalized spacial score (nSPS) is 14.9. The van der Waals surface area contributed by atoms with Gasteiger partial charge in [-0.25, -0.2) is 4.39 Å². The lowest BCUT2D eigenvalue weighted by Gasteiger charge is -2.29. The minimum Gasteiger partial charge on any atom is -0.497 e. The van der Waals surface area contributed by atoms with Crippen LogP contribution in [0.25, 0.3) is 11.5 Å². The Labute approximate surface area is 200 Å². The number of aromatic nitrogens is 2. The van der Waals surface area contributed by atoms with Crippen molar-refractivity contribution in [1.29, 1.82) is 0 Å². The maximum atomic E-state index is 14.6. The van der Waals surface area contributed by atoms with E-state index in [1.807, 2.05) is 12.1 Å². The van der Waals surface area contributed by atoms with E-state index in [9.17, 15) is 9.18 Å². The fraction of sp³-hybridized carbons (Fsp3) is 0.348. The Morgan fingerprint density at radius 3 is 2.70 bits per heavy atom. The Kier molecular flexibility index (Phi) is 7.85. The van der Waals surface area contributed by atoms with Crippen LogP contribution in [0.1, 0.15) is 24.4 Å². The summed E-state index contributed by atoms with van der Waals surface area (Å²) in [6.07, 6.45) is 2.08. The Morgan fingerprint density at radius 1 is 1.24 bits per heavy atom. The van der Waals surface area contributed by atoms with Crippen LogP contribution in [0, 0.1) is 5.82 Å². The molecule has 1 fully saturated rings. The summed E-state index contributed by atoms with van der Waals surface area (Å²) >= 11 is 7.46. The van der Waals surface area contributed by atoms with Gasteiger partial charge in [-0.15, -0.1) is 10.2 Å². The van der Waals surface area contributed by atoms with E-state index in [4.69, 9.17) is 20.8 Å². The molecular formula is C23H24ClFN4O3S. The average molecular weight is 491 g/mol. The van der Waals surface area contributed by atoms with Crippen molar-refractivity contribution in [3.63, 3.8) is 0 Å². The number of benzene rings is 2. The summed E-state index contributed by atoms with van der Waals surface area (Å²) in [6, 6.07) is 11.6. The van der Waals surface area contributed by atoms with E-state index in [0.29, 0.717) is 21.7 Å². The van der Waals surface area contributed by atoms with Crippen LogP contribution in [-0.2, 0) is 4.79 Å². The van der Waals surface area contributed by atoms with Gasteiger partial charge in [-0.3, -0.25) is 9.69 Å². The average Bonchev–Trinajstić information content (AvgIpc) is 3.52. The second-order valence-electron chi connectivity index (χ2n) is 7.59. The Morgan fingerprint density at radius 2 is 2.00 bits per heavy atom. The van der Waals surface area contributed by atoms with Crippen molar-refractivity contribution >= 4 is 29.3 Å². The Hall–Kier alpha value is -2.62. The summed E-state index contributed by atoms with van der Waals surface area (Å²) in [5.74, 6) is 0.625. The maximum absolute atomic E-state index is 14.6. The van der Waals surface area contributed by atoms with Gasteiger partial charge < -0.3 is 14.5 Å². The zero-order chi connectivity index (χ0) is 23.2. The van der Waals surface area contributed by atoms with Gasteiger partial charge in [0, 0.05) is 22.7 Å². The number of thioether (sulfide) groups is 1. The largest absolute Gasteiger partial charge is 0.497 e. The number of hydrogen-bond acceptors (Lipinski definition) is 7. The molecule has 1 atom stereocenters. The van der Waals surface area contributed by atoms with E-state index < -0.39 is 0 Å². The van der Waals surface area contributed by atoms with Crippen LogP contribution in [0.3, 0.4) is 0 Å². The van der Waals surface area contributed by atoms with Crippen LogP contribution >= 0.6 is 23.4 Å². The predicted molar refractivity (Wildman–Crippen MR) is 125 cm³/mol. The Bertz CT molecular complexity index is 1070. The van der Waals surface area contributed by atoms with Crippen LogP contribution in [0.4, 0.5) is 4.39 Å². The third kappa shape index (κ3) is 5.85. The topological polar surface area (TPSA) is 80.5 Å². The van der Waals surface area contributed by atoms with Gasteiger partial charge in [0.2, 0.25) is 11.8 Å². The zero-order valence-electron chi connectivity index (χ0n) is 18.1. The summed E-state index contributed by atoms with van der Waals surface area (Å²) in [5.41, 5.74) is 1.19. The molecule has 1 amide bonds. The molecule has 1 aliphatic rings. The Balaban J connectivity index is 1.34. The van der Waals surface area contributed by atoms with Gasteiger partial charge in [0.1, 0.15) is 11.6 Å². The lowest BCUT2D eigenvalue weighted by molar-refractivity contribution is -0.118. The van der Waals surface area contributed by atoms with Gasteiger partial charge >= 0.3 is 0 Å². The second kappa shape index (κ2) is 11.0. The maximum Gasteiger partial charge on any atom is 0.277 e. The number of carbonyl (C=O) groups is 1. The number of nitrogens with zero attached hydrogens (tertiary/aromatic N) is 3. The molecule has 1 aliphatic heterocycles. The van der Waals surface area contributed by atoms with Crippen LogP contribution in [0.2, 0.25) is 5.02 Å². The molecule has 1 aromatic heterocycles. The molecule has 0 spiro atoms. The van der Waals surface area contributed by atoms with Crippen molar-refractivity contribution < 1.29 is 18.3 Å². The van der Waals surface area contributed by atoms with Gasteiger partial charge in [0.05, 0.1) is 18.9 Å². The van der Waals surface area contributed by atoms with Gasteiger partial charge in [0.25, 0.3) is 5.22 Å². The van der Waals surface area contributed by atoms with Gasteiger partial charge in [-0.1, -0.05) is 29.4 Å². The molecule has 0 radical (unpaired) electrons. The van der Waals surface area contributed by atoms with Crippen LogP contribution in [0.5, 0.6) is 5.75 Å². The standard InChI is InChI=1S/C23H24ClFN4O3S/c1-31-16-9-7-15(8-10-16)22-27-28-23(32-22)33-14-20(30)26-13-19(29-11-2-3-12-29)21-17(24)5-4-6-18(21)25/h4-10,19H,2-3,11-14H2,1H3,(H,26,30). The van der Waals surface area contributed by atoms with E-state index in [1.165, 1.54) is 6.07 Å².